The number of nitrogens with one attached hydrogen (secondary N) is 1. The number of anilines is 1. The molecule has 1 aliphatic rings. The summed E-state index contributed by atoms with van der Waals surface area (Å²) in [6.45, 7) is 2.24. The molecule has 0 aliphatic carbocycles. The van der Waals surface area contributed by atoms with Crippen LogP contribution in [0.4, 0.5) is 23.4 Å². The van der Waals surface area contributed by atoms with E-state index in [0.29, 0.717) is 12.4 Å². The number of aromatic nitrogens is 1. The molecule has 0 amide bonds. The Hall–Kier alpha value is -2.15. The van der Waals surface area contributed by atoms with Crippen molar-refractivity contribution in [1.82, 2.24) is 10.3 Å². The normalized spacial score (nSPS) is 20.7. The minimum Gasteiger partial charge on any atom is -0.359 e. The number of halogens is 4. The van der Waals surface area contributed by atoms with Crippen LogP contribution in [0.5, 0.6) is 0 Å². The maximum absolute atomic E-state index is 13.1. The molecule has 1 saturated heterocycles. The molecule has 2 heterocycles. The third-order valence-electron chi connectivity index (χ3n) is 4.61. The highest BCUT2D eigenvalue weighted by atomic mass is 19.4. The molecule has 1 aromatic carbocycles. The number of hydrogen-bond acceptors (Lipinski definition) is 3. The summed E-state index contributed by atoms with van der Waals surface area (Å²) in [6.07, 6.45) is -3.52. The Balaban J connectivity index is 1.69. The van der Waals surface area contributed by atoms with E-state index < -0.39 is 11.7 Å². The van der Waals surface area contributed by atoms with Crippen LogP contribution in [0.2, 0.25) is 0 Å². The average Bonchev–Trinajstić information content (AvgIpc) is 3.03. The van der Waals surface area contributed by atoms with Gasteiger partial charge in [-0.15, -0.1) is 0 Å². The molecule has 2 aromatic rings. The van der Waals surface area contributed by atoms with E-state index >= 15 is 0 Å². The molecule has 1 aliphatic heterocycles. The number of pyridine rings is 1. The van der Waals surface area contributed by atoms with Gasteiger partial charge in [-0.2, -0.15) is 13.2 Å². The van der Waals surface area contributed by atoms with E-state index in [1.807, 2.05) is 11.9 Å². The Labute approximate surface area is 143 Å². The van der Waals surface area contributed by atoms with E-state index in [9.17, 15) is 17.6 Å². The Morgan fingerprint density at radius 3 is 2.44 bits per heavy atom. The van der Waals surface area contributed by atoms with Crippen LogP contribution in [-0.4, -0.2) is 31.7 Å². The second-order valence-corrected chi connectivity index (χ2v) is 6.36. The van der Waals surface area contributed by atoms with Crippen molar-refractivity contribution in [2.45, 2.75) is 12.1 Å². The van der Waals surface area contributed by atoms with Crippen molar-refractivity contribution >= 4 is 5.82 Å². The lowest BCUT2D eigenvalue weighted by Crippen LogP contribution is -2.30. The molecule has 0 spiro atoms. The smallest absolute Gasteiger partial charge is 0.359 e. The second-order valence-electron chi connectivity index (χ2n) is 6.36. The van der Waals surface area contributed by atoms with E-state index in [4.69, 9.17) is 0 Å². The Bertz CT molecular complexity index is 698. The highest BCUT2D eigenvalue weighted by Crippen LogP contribution is 2.31. The zero-order valence-electron chi connectivity index (χ0n) is 13.7. The van der Waals surface area contributed by atoms with Gasteiger partial charge in [-0.3, -0.25) is 0 Å². The van der Waals surface area contributed by atoms with Gasteiger partial charge in [0.15, 0.2) is 0 Å². The first-order valence-corrected chi connectivity index (χ1v) is 8.05. The van der Waals surface area contributed by atoms with Gasteiger partial charge in [0, 0.05) is 38.8 Å². The van der Waals surface area contributed by atoms with Crippen LogP contribution in [0, 0.1) is 11.7 Å². The molecule has 1 aromatic heterocycles. The van der Waals surface area contributed by atoms with Crippen LogP contribution < -0.4 is 10.2 Å². The molecule has 7 heteroatoms. The molecule has 2 unspecified atom stereocenters. The minimum absolute atomic E-state index is 0.234. The summed E-state index contributed by atoms with van der Waals surface area (Å²) in [4.78, 5) is 5.79. The predicted molar refractivity (Wildman–Crippen MR) is 88.0 cm³/mol. The summed E-state index contributed by atoms with van der Waals surface area (Å²) < 4.78 is 51.0. The van der Waals surface area contributed by atoms with Gasteiger partial charge in [0.2, 0.25) is 0 Å². The van der Waals surface area contributed by atoms with Crippen LogP contribution in [-0.2, 0) is 6.18 Å². The second kappa shape index (κ2) is 7.00. The van der Waals surface area contributed by atoms with Crippen molar-refractivity contribution in [1.29, 1.82) is 0 Å². The van der Waals surface area contributed by atoms with Crippen LogP contribution in [0.25, 0.3) is 0 Å². The van der Waals surface area contributed by atoms with Crippen LogP contribution in [0.15, 0.2) is 42.6 Å². The summed E-state index contributed by atoms with van der Waals surface area (Å²) in [5.41, 5.74) is 0.307. The molecular formula is C18H19F4N3. The molecule has 0 radical (unpaired) electrons. The number of nitrogens with zero attached hydrogens (tertiary/aromatic N) is 2. The van der Waals surface area contributed by atoms with Crippen molar-refractivity contribution < 1.29 is 17.6 Å². The molecule has 1 fully saturated rings. The van der Waals surface area contributed by atoms with Crippen molar-refractivity contribution in [2.24, 2.45) is 5.92 Å². The summed E-state index contributed by atoms with van der Waals surface area (Å²) in [5, 5.41) is 3.33. The quantitative estimate of drug-likeness (QED) is 0.850. The molecular weight excluding hydrogens is 334 g/mol. The number of alkyl halides is 3. The monoisotopic (exact) mass is 353 g/mol. The lowest BCUT2D eigenvalue weighted by molar-refractivity contribution is -0.137. The minimum atomic E-state index is -4.38. The first-order chi connectivity index (χ1) is 11.8. The summed E-state index contributed by atoms with van der Waals surface area (Å²) in [5.74, 6) is 0.729. The van der Waals surface area contributed by atoms with E-state index in [1.165, 1.54) is 18.2 Å². The third-order valence-corrected chi connectivity index (χ3v) is 4.61. The summed E-state index contributed by atoms with van der Waals surface area (Å²) >= 11 is 0. The number of hydrogen-bond donors (Lipinski definition) is 1. The Kier molecular flexibility index (Phi) is 4.94. The summed E-state index contributed by atoms with van der Waals surface area (Å²) in [7, 11) is 1.82. The van der Waals surface area contributed by atoms with Crippen molar-refractivity contribution in [3.63, 3.8) is 0 Å². The van der Waals surface area contributed by atoms with Gasteiger partial charge in [0.05, 0.1) is 5.56 Å². The maximum Gasteiger partial charge on any atom is 0.417 e. The van der Waals surface area contributed by atoms with Crippen LogP contribution in [0.1, 0.15) is 17.0 Å². The fourth-order valence-corrected chi connectivity index (χ4v) is 3.25. The highest BCUT2D eigenvalue weighted by molar-refractivity contribution is 5.39. The van der Waals surface area contributed by atoms with E-state index in [0.717, 1.165) is 30.9 Å². The van der Waals surface area contributed by atoms with Gasteiger partial charge in [0.1, 0.15) is 11.6 Å². The molecule has 0 saturated carbocycles. The van der Waals surface area contributed by atoms with Gasteiger partial charge in [-0.1, -0.05) is 12.1 Å². The largest absolute Gasteiger partial charge is 0.417 e. The molecule has 3 rings (SSSR count). The van der Waals surface area contributed by atoms with Gasteiger partial charge >= 0.3 is 6.18 Å². The first-order valence-electron chi connectivity index (χ1n) is 8.05. The van der Waals surface area contributed by atoms with Gasteiger partial charge in [0.25, 0.3) is 0 Å². The molecule has 1 N–H and O–H groups in total. The topological polar surface area (TPSA) is 28.2 Å². The Morgan fingerprint density at radius 2 is 1.84 bits per heavy atom. The lowest BCUT2D eigenvalue weighted by atomic mass is 9.88. The van der Waals surface area contributed by atoms with E-state index in [1.54, 1.807) is 12.1 Å². The van der Waals surface area contributed by atoms with Crippen molar-refractivity contribution in [2.75, 3.05) is 31.6 Å². The zero-order chi connectivity index (χ0) is 18.0. The van der Waals surface area contributed by atoms with E-state index in [2.05, 4.69) is 10.3 Å². The standard InChI is InChI=1S/C18H19F4N3/c1-25(17-7-4-14(9-24-17)18(20,21)22)11-13-8-23-10-16(13)12-2-5-15(19)6-3-12/h2-7,9,13,16,23H,8,10-11H2,1H3. The predicted octanol–water partition coefficient (Wildman–Crippen LogP) is 3.68. The zero-order valence-corrected chi connectivity index (χ0v) is 13.7. The molecule has 3 nitrogen and oxygen atoms in total. The van der Waals surface area contributed by atoms with Crippen LogP contribution >= 0.6 is 0 Å². The number of benzene rings is 1. The van der Waals surface area contributed by atoms with Crippen molar-refractivity contribution in [3.05, 3.63) is 59.5 Å². The average molecular weight is 353 g/mol. The highest BCUT2D eigenvalue weighted by Gasteiger charge is 2.32. The lowest BCUT2D eigenvalue weighted by Gasteiger charge is -2.26. The third kappa shape index (κ3) is 4.10. The molecule has 134 valence electrons. The fourth-order valence-electron chi connectivity index (χ4n) is 3.25. The van der Waals surface area contributed by atoms with E-state index in [-0.39, 0.29) is 17.7 Å². The van der Waals surface area contributed by atoms with Gasteiger partial charge in [-0.25, -0.2) is 9.37 Å². The molecule has 0 bridgehead atoms. The van der Waals surface area contributed by atoms with Crippen molar-refractivity contribution in [3.8, 4) is 0 Å². The summed E-state index contributed by atoms with van der Waals surface area (Å²) in [6, 6.07) is 8.91. The van der Waals surface area contributed by atoms with Crippen LogP contribution in [0.3, 0.4) is 0 Å². The Morgan fingerprint density at radius 1 is 1.12 bits per heavy atom. The first kappa shape index (κ1) is 17.7. The van der Waals surface area contributed by atoms with Gasteiger partial charge < -0.3 is 10.2 Å². The fraction of sp³-hybridized carbons (Fsp3) is 0.389. The maximum atomic E-state index is 13.1. The molecule has 2 atom stereocenters. The molecule has 25 heavy (non-hydrogen) atoms. The number of rotatable bonds is 4. The van der Waals surface area contributed by atoms with Gasteiger partial charge in [-0.05, 0) is 35.7 Å². The SMILES string of the molecule is CN(CC1CNCC1c1ccc(F)cc1)c1ccc(C(F)(F)F)cn1.